The minimum atomic E-state index is 0.247. The first-order valence-corrected chi connectivity index (χ1v) is 8.70. The molecule has 112 valence electrons. The third-order valence-corrected chi connectivity index (χ3v) is 4.98. The summed E-state index contributed by atoms with van der Waals surface area (Å²) >= 11 is 1.59. The Morgan fingerprint density at radius 1 is 1.40 bits per heavy atom. The SMILES string of the molecule is CCCN(CC1CCNCC1)C(=O)c1sccc1CC. The van der Waals surface area contributed by atoms with E-state index in [1.807, 2.05) is 5.38 Å². The van der Waals surface area contributed by atoms with Gasteiger partial charge >= 0.3 is 0 Å². The molecule has 1 amide bonds. The fourth-order valence-corrected chi connectivity index (χ4v) is 3.83. The maximum atomic E-state index is 12.8. The highest BCUT2D eigenvalue weighted by molar-refractivity contribution is 7.12. The molecule has 1 fully saturated rings. The third kappa shape index (κ3) is 3.83. The predicted octanol–water partition coefficient (Wildman–Crippen LogP) is 3.16. The van der Waals surface area contributed by atoms with Gasteiger partial charge in [0.15, 0.2) is 0 Å². The van der Waals surface area contributed by atoms with E-state index < -0.39 is 0 Å². The average molecular weight is 294 g/mol. The number of nitrogens with one attached hydrogen (secondary N) is 1. The molecule has 0 saturated carbocycles. The lowest BCUT2D eigenvalue weighted by Crippen LogP contribution is -2.39. The van der Waals surface area contributed by atoms with E-state index in [0.29, 0.717) is 5.92 Å². The molecule has 0 spiro atoms. The molecule has 1 aliphatic heterocycles. The van der Waals surface area contributed by atoms with Gasteiger partial charge in [-0.15, -0.1) is 11.3 Å². The monoisotopic (exact) mass is 294 g/mol. The fourth-order valence-electron chi connectivity index (χ4n) is 2.87. The van der Waals surface area contributed by atoms with Crippen LogP contribution in [0.4, 0.5) is 0 Å². The molecule has 0 aromatic carbocycles. The minimum Gasteiger partial charge on any atom is -0.338 e. The van der Waals surface area contributed by atoms with Crippen molar-refractivity contribution < 1.29 is 4.79 Å². The number of carbonyl (C=O) groups is 1. The van der Waals surface area contributed by atoms with Crippen molar-refractivity contribution in [2.75, 3.05) is 26.2 Å². The van der Waals surface area contributed by atoms with Crippen LogP contribution in [0, 0.1) is 5.92 Å². The number of hydrogen-bond acceptors (Lipinski definition) is 3. The summed E-state index contributed by atoms with van der Waals surface area (Å²) in [6.07, 6.45) is 4.36. The van der Waals surface area contributed by atoms with E-state index in [1.54, 1.807) is 11.3 Å². The van der Waals surface area contributed by atoms with E-state index in [1.165, 1.54) is 18.4 Å². The molecule has 0 aliphatic carbocycles. The summed E-state index contributed by atoms with van der Waals surface area (Å²) in [6, 6.07) is 2.09. The number of piperidine rings is 1. The molecule has 1 saturated heterocycles. The highest BCUT2D eigenvalue weighted by Gasteiger charge is 2.23. The zero-order valence-corrected chi connectivity index (χ0v) is 13.5. The number of carbonyl (C=O) groups excluding carboxylic acids is 1. The number of hydrogen-bond donors (Lipinski definition) is 1. The van der Waals surface area contributed by atoms with Crippen LogP contribution in [0.15, 0.2) is 11.4 Å². The number of nitrogens with zero attached hydrogens (tertiary/aromatic N) is 1. The van der Waals surface area contributed by atoms with Gasteiger partial charge in [0.1, 0.15) is 0 Å². The summed E-state index contributed by atoms with van der Waals surface area (Å²) in [4.78, 5) is 15.8. The van der Waals surface area contributed by atoms with Crippen molar-refractivity contribution in [3.05, 3.63) is 21.9 Å². The zero-order chi connectivity index (χ0) is 14.4. The average Bonchev–Trinajstić information content (AvgIpc) is 2.95. The highest BCUT2D eigenvalue weighted by Crippen LogP contribution is 2.22. The first-order chi connectivity index (χ1) is 9.76. The second-order valence-corrected chi connectivity index (χ2v) is 6.49. The van der Waals surface area contributed by atoms with Gasteiger partial charge in [-0.05, 0) is 61.7 Å². The Hall–Kier alpha value is -0.870. The Morgan fingerprint density at radius 2 is 2.15 bits per heavy atom. The van der Waals surface area contributed by atoms with E-state index in [4.69, 9.17) is 0 Å². The first-order valence-electron chi connectivity index (χ1n) is 7.82. The third-order valence-electron chi connectivity index (χ3n) is 4.04. The summed E-state index contributed by atoms with van der Waals surface area (Å²) in [7, 11) is 0. The van der Waals surface area contributed by atoms with Gasteiger partial charge in [0, 0.05) is 13.1 Å². The molecule has 2 heterocycles. The standard InChI is InChI=1S/C16H26N2OS/c1-3-10-18(12-13-5-8-17-9-6-13)16(19)15-14(4-2)7-11-20-15/h7,11,13,17H,3-6,8-10,12H2,1-2H3. The molecular formula is C16H26N2OS. The van der Waals surface area contributed by atoms with Gasteiger partial charge in [-0.25, -0.2) is 0 Å². The molecule has 2 rings (SSSR count). The molecule has 1 aliphatic rings. The number of rotatable bonds is 6. The zero-order valence-electron chi connectivity index (χ0n) is 12.7. The Labute approximate surface area is 126 Å². The maximum Gasteiger partial charge on any atom is 0.264 e. The van der Waals surface area contributed by atoms with Gasteiger partial charge in [-0.3, -0.25) is 4.79 Å². The van der Waals surface area contributed by atoms with Crippen LogP contribution in [-0.4, -0.2) is 37.0 Å². The second kappa shape index (κ2) is 7.79. The lowest BCUT2D eigenvalue weighted by atomic mass is 9.97. The maximum absolute atomic E-state index is 12.8. The van der Waals surface area contributed by atoms with Crippen molar-refractivity contribution in [2.45, 2.75) is 39.5 Å². The molecule has 0 bridgehead atoms. The molecule has 0 radical (unpaired) electrons. The number of aryl methyl sites for hydroxylation is 1. The Kier molecular flexibility index (Phi) is 6.05. The van der Waals surface area contributed by atoms with Crippen LogP contribution in [0.2, 0.25) is 0 Å². The summed E-state index contributed by atoms with van der Waals surface area (Å²) in [5.41, 5.74) is 1.20. The van der Waals surface area contributed by atoms with Crippen molar-refractivity contribution in [2.24, 2.45) is 5.92 Å². The lowest BCUT2D eigenvalue weighted by Gasteiger charge is -2.30. The molecule has 0 atom stereocenters. The van der Waals surface area contributed by atoms with Crippen LogP contribution in [0.5, 0.6) is 0 Å². The number of amides is 1. The van der Waals surface area contributed by atoms with Crippen LogP contribution in [0.3, 0.4) is 0 Å². The largest absolute Gasteiger partial charge is 0.338 e. The van der Waals surface area contributed by atoms with E-state index in [-0.39, 0.29) is 5.91 Å². The van der Waals surface area contributed by atoms with Crippen LogP contribution < -0.4 is 5.32 Å². The quantitative estimate of drug-likeness (QED) is 0.874. The molecule has 1 N–H and O–H groups in total. The molecule has 4 heteroatoms. The minimum absolute atomic E-state index is 0.247. The summed E-state index contributed by atoms with van der Waals surface area (Å²) in [6.45, 7) is 8.27. The van der Waals surface area contributed by atoms with E-state index in [0.717, 1.165) is 43.9 Å². The van der Waals surface area contributed by atoms with Gasteiger partial charge in [-0.2, -0.15) is 0 Å². The fraction of sp³-hybridized carbons (Fsp3) is 0.688. The topological polar surface area (TPSA) is 32.3 Å². The van der Waals surface area contributed by atoms with Crippen LogP contribution in [-0.2, 0) is 6.42 Å². The Bertz CT molecular complexity index is 424. The summed E-state index contributed by atoms with van der Waals surface area (Å²) in [5, 5.41) is 5.44. The van der Waals surface area contributed by atoms with E-state index >= 15 is 0 Å². The molecule has 1 aromatic rings. The Balaban J connectivity index is 2.04. The molecule has 20 heavy (non-hydrogen) atoms. The highest BCUT2D eigenvalue weighted by atomic mass is 32.1. The first kappa shape index (κ1) is 15.5. The van der Waals surface area contributed by atoms with Gasteiger partial charge in [0.2, 0.25) is 0 Å². The molecule has 3 nitrogen and oxygen atoms in total. The van der Waals surface area contributed by atoms with E-state index in [2.05, 4.69) is 30.1 Å². The van der Waals surface area contributed by atoms with Gasteiger partial charge in [-0.1, -0.05) is 13.8 Å². The smallest absolute Gasteiger partial charge is 0.264 e. The predicted molar refractivity (Wildman–Crippen MR) is 85.5 cm³/mol. The van der Waals surface area contributed by atoms with Crippen LogP contribution in [0.1, 0.15) is 48.3 Å². The van der Waals surface area contributed by atoms with Crippen molar-refractivity contribution in [1.82, 2.24) is 10.2 Å². The van der Waals surface area contributed by atoms with Crippen molar-refractivity contribution in [3.8, 4) is 0 Å². The summed E-state index contributed by atoms with van der Waals surface area (Å²) in [5.74, 6) is 0.911. The van der Waals surface area contributed by atoms with Crippen molar-refractivity contribution >= 4 is 17.2 Å². The normalized spacial score (nSPS) is 16.3. The lowest BCUT2D eigenvalue weighted by molar-refractivity contribution is 0.0720. The molecule has 0 unspecified atom stereocenters. The van der Waals surface area contributed by atoms with Gasteiger partial charge < -0.3 is 10.2 Å². The molecule has 1 aromatic heterocycles. The Morgan fingerprint density at radius 3 is 2.80 bits per heavy atom. The van der Waals surface area contributed by atoms with Gasteiger partial charge in [0.25, 0.3) is 5.91 Å². The van der Waals surface area contributed by atoms with Crippen molar-refractivity contribution in [1.29, 1.82) is 0 Å². The number of thiophene rings is 1. The molecular weight excluding hydrogens is 268 g/mol. The van der Waals surface area contributed by atoms with Crippen LogP contribution >= 0.6 is 11.3 Å². The van der Waals surface area contributed by atoms with E-state index in [9.17, 15) is 4.79 Å². The van der Waals surface area contributed by atoms with Crippen molar-refractivity contribution in [3.63, 3.8) is 0 Å². The van der Waals surface area contributed by atoms with Crippen LogP contribution in [0.25, 0.3) is 0 Å². The van der Waals surface area contributed by atoms with Gasteiger partial charge in [0.05, 0.1) is 4.88 Å². The summed E-state index contributed by atoms with van der Waals surface area (Å²) < 4.78 is 0. The second-order valence-electron chi connectivity index (χ2n) is 5.57.